The van der Waals surface area contributed by atoms with E-state index in [2.05, 4.69) is 0 Å². The molecule has 0 bridgehead atoms. The van der Waals surface area contributed by atoms with Gasteiger partial charge < -0.3 is 14.4 Å². The van der Waals surface area contributed by atoms with Crippen LogP contribution in [0.4, 0.5) is 4.39 Å². The quantitative estimate of drug-likeness (QED) is 0.555. The number of rotatable bonds is 8. The maximum atomic E-state index is 14.0. The summed E-state index contributed by atoms with van der Waals surface area (Å²) >= 11 is 6.06. The van der Waals surface area contributed by atoms with Gasteiger partial charge in [-0.2, -0.15) is 4.31 Å². The third-order valence-electron chi connectivity index (χ3n) is 5.48. The maximum Gasteiger partial charge on any atom is 0.243 e. The van der Waals surface area contributed by atoms with Crippen molar-refractivity contribution >= 4 is 27.5 Å². The molecule has 3 rings (SSSR count). The Balaban J connectivity index is 1.59. The van der Waals surface area contributed by atoms with E-state index in [0.717, 1.165) is 0 Å². The summed E-state index contributed by atoms with van der Waals surface area (Å²) in [5.74, 6) is 0.182. The molecule has 0 spiro atoms. The van der Waals surface area contributed by atoms with Crippen molar-refractivity contribution in [3.63, 3.8) is 0 Å². The smallest absolute Gasteiger partial charge is 0.243 e. The SMILES string of the molecule is COc1ccc(S(=O)(=O)N2CCN(C(=O)CN(C)Cc3c(F)cccc3Cl)CC2)cc1OC. The third-order valence-corrected chi connectivity index (χ3v) is 7.73. The van der Waals surface area contributed by atoms with Crippen LogP contribution in [0.1, 0.15) is 5.56 Å². The second-order valence-corrected chi connectivity index (χ2v) is 10.0. The monoisotopic (exact) mass is 499 g/mol. The van der Waals surface area contributed by atoms with E-state index in [1.807, 2.05) is 0 Å². The molecule has 8 nitrogen and oxygen atoms in total. The molecule has 1 aliphatic heterocycles. The molecule has 0 radical (unpaired) electrons. The van der Waals surface area contributed by atoms with E-state index in [9.17, 15) is 17.6 Å². The number of carbonyl (C=O) groups excluding carboxylic acids is 1. The molecule has 180 valence electrons. The first-order chi connectivity index (χ1) is 15.7. The highest BCUT2D eigenvalue weighted by molar-refractivity contribution is 7.89. The minimum Gasteiger partial charge on any atom is -0.493 e. The molecule has 2 aromatic rings. The van der Waals surface area contributed by atoms with Gasteiger partial charge in [-0.25, -0.2) is 12.8 Å². The number of hydrogen-bond donors (Lipinski definition) is 0. The van der Waals surface area contributed by atoms with Gasteiger partial charge in [0, 0.05) is 49.4 Å². The highest BCUT2D eigenvalue weighted by atomic mass is 35.5. The Hall–Kier alpha value is -2.40. The first-order valence-corrected chi connectivity index (χ1v) is 12.1. The van der Waals surface area contributed by atoms with Gasteiger partial charge in [-0.1, -0.05) is 17.7 Å². The number of sulfonamides is 1. The van der Waals surface area contributed by atoms with Crippen molar-refractivity contribution in [1.29, 1.82) is 0 Å². The van der Waals surface area contributed by atoms with Gasteiger partial charge in [0.05, 0.1) is 25.7 Å². The Morgan fingerprint density at radius 2 is 1.76 bits per heavy atom. The van der Waals surface area contributed by atoms with Crippen molar-refractivity contribution in [1.82, 2.24) is 14.1 Å². The minimum atomic E-state index is -3.75. The van der Waals surface area contributed by atoms with E-state index >= 15 is 0 Å². The van der Waals surface area contributed by atoms with Crippen molar-refractivity contribution in [2.24, 2.45) is 0 Å². The van der Waals surface area contributed by atoms with Gasteiger partial charge in [0.25, 0.3) is 0 Å². The molecule has 11 heteroatoms. The Morgan fingerprint density at radius 1 is 1.09 bits per heavy atom. The summed E-state index contributed by atoms with van der Waals surface area (Å²) in [6, 6.07) is 8.90. The van der Waals surface area contributed by atoms with E-state index in [0.29, 0.717) is 22.1 Å². The fourth-order valence-corrected chi connectivity index (χ4v) is 5.30. The molecule has 1 fully saturated rings. The number of halogens is 2. The van der Waals surface area contributed by atoms with Crippen LogP contribution in [0.15, 0.2) is 41.3 Å². The number of benzene rings is 2. The molecule has 33 heavy (non-hydrogen) atoms. The lowest BCUT2D eigenvalue weighted by molar-refractivity contribution is -0.133. The van der Waals surface area contributed by atoms with Gasteiger partial charge in [-0.3, -0.25) is 9.69 Å². The van der Waals surface area contributed by atoms with Crippen LogP contribution in [0.2, 0.25) is 5.02 Å². The van der Waals surface area contributed by atoms with Crippen molar-refractivity contribution in [2.75, 3.05) is 54.0 Å². The summed E-state index contributed by atoms with van der Waals surface area (Å²) in [4.78, 5) is 16.1. The summed E-state index contributed by atoms with van der Waals surface area (Å²) in [5, 5.41) is 0.309. The molecule has 1 aliphatic rings. The lowest BCUT2D eigenvalue weighted by atomic mass is 10.2. The Labute approximate surface area is 198 Å². The van der Waals surface area contributed by atoms with E-state index in [1.165, 1.54) is 42.8 Å². The lowest BCUT2D eigenvalue weighted by Gasteiger charge is -2.35. The first-order valence-electron chi connectivity index (χ1n) is 10.3. The van der Waals surface area contributed by atoms with Crippen molar-refractivity contribution in [3.05, 3.63) is 52.8 Å². The molecule has 0 atom stereocenters. The molecule has 1 heterocycles. The highest BCUT2D eigenvalue weighted by Crippen LogP contribution is 2.31. The van der Waals surface area contributed by atoms with Crippen molar-refractivity contribution < 1.29 is 27.1 Å². The number of nitrogens with zero attached hydrogens (tertiary/aromatic N) is 3. The average molecular weight is 500 g/mol. The normalized spacial score (nSPS) is 15.0. The van der Waals surface area contributed by atoms with Gasteiger partial charge in [-0.05, 0) is 31.3 Å². The predicted molar refractivity (Wildman–Crippen MR) is 123 cm³/mol. The number of carbonyl (C=O) groups is 1. The third kappa shape index (κ3) is 5.75. The van der Waals surface area contributed by atoms with Crippen molar-refractivity contribution in [2.45, 2.75) is 11.4 Å². The number of hydrogen-bond acceptors (Lipinski definition) is 6. The number of methoxy groups -OCH3 is 2. The summed E-state index contributed by atoms with van der Waals surface area (Å²) in [6.45, 7) is 1.12. The second kappa shape index (κ2) is 10.7. The van der Waals surface area contributed by atoms with E-state index in [4.69, 9.17) is 21.1 Å². The van der Waals surface area contributed by atoms with Gasteiger partial charge in [0.2, 0.25) is 15.9 Å². The van der Waals surface area contributed by atoms with Crippen LogP contribution < -0.4 is 9.47 Å². The predicted octanol–water partition coefficient (Wildman–Crippen LogP) is 2.46. The van der Waals surface area contributed by atoms with Crippen LogP contribution in [-0.4, -0.2) is 82.4 Å². The number of ether oxygens (including phenoxy) is 2. The van der Waals surface area contributed by atoms with Crippen LogP contribution in [0.5, 0.6) is 11.5 Å². The fourth-order valence-electron chi connectivity index (χ4n) is 3.64. The lowest BCUT2D eigenvalue weighted by Crippen LogP contribution is -2.52. The Bertz CT molecular complexity index is 1090. The molecule has 0 saturated carbocycles. The molecule has 1 saturated heterocycles. The molecule has 1 amide bonds. The van der Waals surface area contributed by atoms with Crippen LogP contribution in [0.3, 0.4) is 0 Å². The molecule has 0 aromatic heterocycles. The highest BCUT2D eigenvalue weighted by Gasteiger charge is 2.31. The summed E-state index contributed by atoms with van der Waals surface area (Å²) in [5.41, 5.74) is 0.334. The fraction of sp³-hybridized carbons (Fsp3) is 0.409. The van der Waals surface area contributed by atoms with Crippen LogP contribution >= 0.6 is 11.6 Å². The molecule has 0 unspecified atom stereocenters. The van der Waals surface area contributed by atoms with Gasteiger partial charge in [0.15, 0.2) is 11.5 Å². The van der Waals surface area contributed by atoms with Gasteiger partial charge in [0.1, 0.15) is 5.82 Å². The zero-order valence-corrected chi connectivity index (χ0v) is 20.3. The van der Waals surface area contributed by atoms with Gasteiger partial charge >= 0.3 is 0 Å². The average Bonchev–Trinajstić information content (AvgIpc) is 2.81. The van der Waals surface area contributed by atoms with E-state index < -0.39 is 15.8 Å². The molecule has 0 aliphatic carbocycles. The molecule has 2 aromatic carbocycles. The van der Waals surface area contributed by atoms with Gasteiger partial charge in [-0.15, -0.1) is 0 Å². The minimum absolute atomic E-state index is 0.0626. The zero-order valence-electron chi connectivity index (χ0n) is 18.8. The number of amides is 1. The van der Waals surface area contributed by atoms with Crippen LogP contribution in [0, 0.1) is 5.82 Å². The molecular formula is C22H27ClFN3O5S. The Morgan fingerprint density at radius 3 is 2.36 bits per heavy atom. The van der Waals surface area contributed by atoms with Crippen LogP contribution in [0.25, 0.3) is 0 Å². The Kier molecular flexibility index (Phi) is 8.17. The number of likely N-dealkylation sites (N-methyl/N-ethyl adjacent to an activating group) is 1. The molecular weight excluding hydrogens is 473 g/mol. The summed E-state index contributed by atoms with van der Waals surface area (Å²) in [6.07, 6.45) is 0. The van der Waals surface area contributed by atoms with Crippen molar-refractivity contribution in [3.8, 4) is 11.5 Å². The van der Waals surface area contributed by atoms with Crippen LogP contribution in [-0.2, 0) is 21.4 Å². The standard InChI is InChI=1S/C22H27ClFN3O5S/c1-25(14-17-18(23)5-4-6-19(17)24)15-22(28)26-9-11-27(12-10-26)33(29,30)16-7-8-20(31-2)21(13-16)32-3/h4-8,13H,9-12,14-15H2,1-3H3. The summed E-state index contributed by atoms with van der Waals surface area (Å²) < 4.78 is 51.8. The topological polar surface area (TPSA) is 79.4 Å². The zero-order chi connectivity index (χ0) is 24.2. The largest absolute Gasteiger partial charge is 0.493 e. The maximum absolute atomic E-state index is 14.0. The summed E-state index contributed by atoms with van der Waals surface area (Å²) in [7, 11) is 0.875. The second-order valence-electron chi connectivity index (χ2n) is 7.67. The molecule has 0 N–H and O–H groups in total. The van der Waals surface area contributed by atoms with E-state index in [1.54, 1.807) is 29.0 Å². The number of piperazine rings is 1. The first kappa shape index (κ1) is 25.2. The van der Waals surface area contributed by atoms with E-state index in [-0.39, 0.29) is 50.1 Å².